The predicted molar refractivity (Wildman–Crippen MR) is 284 cm³/mol. The van der Waals surface area contributed by atoms with Crippen molar-refractivity contribution in [3.63, 3.8) is 0 Å². The third-order valence-electron chi connectivity index (χ3n) is 11.0. The maximum atomic E-state index is 13.4. The average Bonchev–Trinajstić information content (AvgIpc) is 3.36. The molecule has 0 aliphatic carbocycles. The minimum atomic E-state index is -4.53. The van der Waals surface area contributed by atoms with Crippen LogP contribution in [0.5, 0.6) is 23.0 Å². The van der Waals surface area contributed by atoms with Crippen molar-refractivity contribution in [2.24, 2.45) is 25.4 Å². The van der Waals surface area contributed by atoms with Gasteiger partial charge < -0.3 is 30.1 Å². The Labute approximate surface area is 481 Å². The van der Waals surface area contributed by atoms with Gasteiger partial charge in [0.2, 0.25) is 0 Å². The summed E-state index contributed by atoms with van der Waals surface area (Å²) in [6.07, 6.45) is 0. The molecule has 380 valence electrons. The Morgan fingerprint density at radius 3 is 1.61 bits per heavy atom. The van der Waals surface area contributed by atoms with Crippen molar-refractivity contribution < 1.29 is 55.5 Å². The molecule has 0 saturated carbocycles. The summed E-state index contributed by atoms with van der Waals surface area (Å²) in [6, 6.07) is 35.4. The molecule has 0 aliphatic rings. The second kappa shape index (κ2) is 25.0. The molecule has 0 spiro atoms. The van der Waals surface area contributed by atoms with Crippen molar-refractivity contribution in [3.8, 4) is 23.0 Å². The first-order valence-electron chi connectivity index (χ1n) is 22.1. The number of rotatable bonds is 14. The molecule has 1 amide bonds. The fraction of sp³-hybridized carbons (Fsp3) is 0.115. The molecule has 8 aromatic carbocycles. The molecule has 4 N–H and O–H groups in total. The SMILES string of the molecule is CCOc1ccccc1N=C([O-])c1cc2ccccc2c(N=Nc2ccc(S(=O)(=O)O)c(Cl)c2C)c1[O-].CCOc1ccccc1NC(=O)c1cc2ccccc2c(N=Nc2ccc(S(=O)(=O)O)c(Cl)c2C)c1O.[Ba+2]. The molecule has 0 unspecified atom stereocenters. The van der Waals surface area contributed by atoms with Crippen LogP contribution < -0.4 is 25.0 Å². The number of aliphatic imine (C=N–C) groups is 1. The number of azo groups is 2. The van der Waals surface area contributed by atoms with E-state index in [-0.39, 0.29) is 110 Å². The van der Waals surface area contributed by atoms with Gasteiger partial charge in [-0.15, -0.1) is 5.11 Å². The number of phenolic OH excluding ortho intramolecular Hbond substituents is 1. The summed E-state index contributed by atoms with van der Waals surface area (Å²) in [5, 5.41) is 58.7. The monoisotopic (exact) mass is 1210 g/mol. The van der Waals surface area contributed by atoms with Crippen LogP contribution in [-0.4, -0.2) is 105 Å². The number of phenols is 1. The molecule has 0 fully saturated rings. The molecule has 75 heavy (non-hydrogen) atoms. The molecule has 18 nitrogen and oxygen atoms in total. The van der Waals surface area contributed by atoms with Gasteiger partial charge in [-0.1, -0.05) is 102 Å². The van der Waals surface area contributed by atoms with E-state index in [1.165, 1.54) is 32.0 Å². The standard InChI is InChI=1S/2C26H22ClN3O6S.Ba/c2*1-3-36-21-11-7-6-10-20(21)28-26(32)18-14-16-8-4-5-9-17(16)24(25(18)31)30-29-19-12-13-22(37(33,34)35)23(27)15(19)2;/h2*4-14,31H,3H2,1-2H3,(H,28,32)(H,33,34,35);/q;;+2/p-2. The van der Waals surface area contributed by atoms with E-state index in [1.807, 2.05) is 6.92 Å². The molecule has 0 saturated heterocycles. The number of hydrogen-bond donors (Lipinski definition) is 4. The van der Waals surface area contributed by atoms with E-state index >= 15 is 0 Å². The second-order valence-corrected chi connectivity index (χ2v) is 19.3. The van der Waals surface area contributed by atoms with Crippen molar-refractivity contribution in [3.05, 3.63) is 166 Å². The van der Waals surface area contributed by atoms with Crippen molar-refractivity contribution in [1.82, 2.24) is 0 Å². The van der Waals surface area contributed by atoms with Crippen LogP contribution in [0.4, 0.5) is 34.1 Å². The van der Waals surface area contributed by atoms with Gasteiger partial charge in [0.05, 0.1) is 51.6 Å². The minimum Gasteiger partial charge on any atom is -0.871 e. The Bertz CT molecular complexity index is 3830. The van der Waals surface area contributed by atoms with Crippen molar-refractivity contribution in [2.75, 3.05) is 18.5 Å². The molecule has 0 aliphatic heterocycles. The summed E-state index contributed by atoms with van der Waals surface area (Å²) in [5.74, 6) is -1.53. The topological polar surface area (TPSA) is 284 Å². The van der Waals surface area contributed by atoms with Crippen LogP contribution in [0.25, 0.3) is 21.5 Å². The number of hydrogen-bond acceptors (Lipinski definition) is 15. The zero-order valence-electron chi connectivity index (χ0n) is 40.1. The first-order valence-corrected chi connectivity index (χ1v) is 25.7. The molecule has 0 aromatic heterocycles. The Kier molecular flexibility index (Phi) is 19.3. The summed E-state index contributed by atoms with van der Waals surface area (Å²) in [6.45, 7) is 7.44. The molecule has 8 aromatic rings. The van der Waals surface area contributed by atoms with Gasteiger partial charge in [-0.05, 0) is 122 Å². The molecule has 0 bridgehead atoms. The van der Waals surface area contributed by atoms with Crippen molar-refractivity contribution >= 4 is 160 Å². The Morgan fingerprint density at radius 1 is 0.613 bits per heavy atom. The number of aromatic hydroxyl groups is 1. The van der Waals surface area contributed by atoms with Gasteiger partial charge in [0.15, 0.2) is 5.75 Å². The van der Waals surface area contributed by atoms with Gasteiger partial charge in [-0.2, -0.15) is 32.2 Å². The fourth-order valence-electron chi connectivity index (χ4n) is 7.32. The van der Waals surface area contributed by atoms with Gasteiger partial charge in [0.25, 0.3) is 26.1 Å². The summed E-state index contributed by atoms with van der Waals surface area (Å²) < 4.78 is 75.8. The maximum absolute atomic E-state index is 13.4. The van der Waals surface area contributed by atoms with E-state index in [0.717, 1.165) is 12.1 Å². The summed E-state index contributed by atoms with van der Waals surface area (Å²) in [4.78, 5) is 16.4. The fourth-order valence-corrected chi connectivity index (χ4v) is 9.46. The predicted octanol–water partition coefficient (Wildman–Crippen LogP) is 11.8. The van der Waals surface area contributed by atoms with Gasteiger partial charge >= 0.3 is 48.9 Å². The zero-order chi connectivity index (χ0) is 53.5. The number of carbonyl (C=O) groups is 1. The van der Waals surface area contributed by atoms with Crippen LogP contribution in [0, 0.1) is 13.8 Å². The van der Waals surface area contributed by atoms with Gasteiger partial charge in [0, 0.05) is 10.8 Å². The van der Waals surface area contributed by atoms with Crippen molar-refractivity contribution in [1.29, 1.82) is 0 Å². The van der Waals surface area contributed by atoms with Crippen molar-refractivity contribution in [2.45, 2.75) is 37.5 Å². The number of anilines is 1. The number of ether oxygens (including phenoxy) is 2. The van der Waals surface area contributed by atoms with E-state index in [4.69, 9.17) is 32.7 Å². The number of para-hydroxylation sites is 4. The van der Waals surface area contributed by atoms with Crippen LogP contribution in [0.3, 0.4) is 0 Å². The van der Waals surface area contributed by atoms with Crippen LogP contribution in [0.15, 0.2) is 169 Å². The Hall–Kier alpha value is -6.41. The molecule has 0 atom stereocenters. The smallest absolute Gasteiger partial charge is 0.871 e. The molecular formula is C52H42BaCl2N6O12S2. The largest absolute Gasteiger partial charge is 2.00 e. The number of nitrogens with zero attached hydrogens (tertiary/aromatic N) is 5. The van der Waals surface area contributed by atoms with E-state index in [0.29, 0.717) is 51.9 Å². The van der Waals surface area contributed by atoms with E-state index in [2.05, 4.69) is 30.8 Å². The van der Waals surface area contributed by atoms with Gasteiger partial charge in [-0.3, -0.25) is 18.9 Å². The molecule has 8 rings (SSSR count). The van der Waals surface area contributed by atoms with E-state index in [9.17, 15) is 46.1 Å². The first-order chi connectivity index (χ1) is 35.2. The van der Waals surface area contributed by atoms with Crippen LogP contribution in [-0.2, 0) is 20.2 Å². The Balaban J connectivity index is 0.000000241. The van der Waals surface area contributed by atoms with Crippen LogP contribution in [0.1, 0.15) is 40.9 Å². The third kappa shape index (κ3) is 13.3. The van der Waals surface area contributed by atoms with Gasteiger partial charge in [0.1, 0.15) is 32.7 Å². The number of fused-ring (bicyclic) bond motifs is 2. The first kappa shape index (κ1) is 57.9. The maximum Gasteiger partial charge on any atom is 2.00 e. The van der Waals surface area contributed by atoms with Crippen LogP contribution >= 0.6 is 23.2 Å². The van der Waals surface area contributed by atoms with Gasteiger partial charge in [-0.25, -0.2) is 0 Å². The summed E-state index contributed by atoms with van der Waals surface area (Å²) >= 11 is 12.2. The van der Waals surface area contributed by atoms with E-state index < -0.39 is 53.3 Å². The number of nitrogens with one attached hydrogen (secondary N) is 1. The number of benzene rings is 8. The molecule has 0 radical (unpaired) electrons. The average molecular weight is 1220 g/mol. The van der Waals surface area contributed by atoms with E-state index in [1.54, 1.807) is 110 Å². The second-order valence-electron chi connectivity index (χ2n) is 15.8. The number of carbonyl (C=O) groups excluding carboxylic acids is 1. The van der Waals surface area contributed by atoms with Crippen LogP contribution in [0.2, 0.25) is 10.0 Å². The molecule has 0 heterocycles. The third-order valence-corrected chi connectivity index (χ3v) is 14.0. The quantitative estimate of drug-likeness (QED) is 0.0260. The summed E-state index contributed by atoms with van der Waals surface area (Å²) in [5.41, 5.74) is 1.31. The normalized spacial score (nSPS) is 11.9. The number of amides is 1. The minimum absolute atomic E-state index is 0. The zero-order valence-corrected chi connectivity index (χ0v) is 47.7. The molecule has 23 heteroatoms. The summed E-state index contributed by atoms with van der Waals surface area (Å²) in [7, 11) is -9.06. The Morgan fingerprint density at radius 2 is 1.07 bits per heavy atom. The number of halogens is 2. The molecular weight excluding hydrogens is 1170 g/mol.